The molecule has 0 aliphatic carbocycles. The fourth-order valence-corrected chi connectivity index (χ4v) is 2.51. The SMILES string of the molecule is O=C(O)c1cnn(-c2ccccc2S(=O)(=O)C(F)(F)F)c1. The van der Waals surface area contributed by atoms with Crippen LogP contribution >= 0.6 is 0 Å². The van der Waals surface area contributed by atoms with Gasteiger partial charge in [-0.25, -0.2) is 17.9 Å². The van der Waals surface area contributed by atoms with E-state index >= 15 is 0 Å². The number of para-hydroxylation sites is 1. The summed E-state index contributed by atoms with van der Waals surface area (Å²) in [6.07, 6.45) is 1.83. The van der Waals surface area contributed by atoms with Crippen LogP contribution in [0, 0.1) is 0 Å². The number of aromatic nitrogens is 2. The number of carboxylic acid groups (broad SMARTS) is 1. The van der Waals surface area contributed by atoms with E-state index in [1.165, 1.54) is 6.07 Å². The average Bonchev–Trinajstić information content (AvgIpc) is 2.87. The summed E-state index contributed by atoms with van der Waals surface area (Å²) in [5.74, 6) is -1.34. The van der Waals surface area contributed by atoms with Gasteiger partial charge in [0.15, 0.2) is 0 Å². The Bertz CT molecular complexity index is 796. The molecule has 2 aromatic rings. The first kappa shape index (κ1) is 15.0. The molecule has 1 aromatic heterocycles. The lowest BCUT2D eigenvalue weighted by molar-refractivity contribution is -0.0436. The minimum atomic E-state index is -5.57. The molecule has 0 bridgehead atoms. The van der Waals surface area contributed by atoms with Crippen molar-refractivity contribution in [1.82, 2.24) is 9.78 Å². The fourth-order valence-electron chi connectivity index (χ4n) is 1.56. The largest absolute Gasteiger partial charge is 0.501 e. The molecule has 1 heterocycles. The molecule has 0 spiro atoms. The fraction of sp³-hybridized carbons (Fsp3) is 0.0909. The van der Waals surface area contributed by atoms with Crippen LogP contribution in [0.15, 0.2) is 41.6 Å². The summed E-state index contributed by atoms with van der Waals surface area (Å²) >= 11 is 0. The number of sulfone groups is 1. The number of halogens is 3. The van der Waals surface area contributed by atoms with E-state index in [9.17, 15) is 26.4 Å². The summed E-state index contributed by atoms with van der Waals surface area (Å²) < 4.78 is 61.7. The number of alkyl halides is 3. The summed E-state index contributed by atoms with van der Waals surface area (Å²) in [6, 6.07) is 4.31. The van der Waals surface area contributed by atoms with Crippen molar-refractivity contribution < 1.29 is 31.5 Å². The molecule has 1 N–H and O–H groups in total. The number of benzene rings is 1. The first-order valence-corrected chi connectivity index (χ1v) is 6.81. The van der Waals surface area contributed by atoms with Gasteiger partial charge in [-0.3, -0.25) is 0 Å². The van der Waals surface area contributed by atoms with Gasteiger partial charge in [-0.05, 0) is 12.1 Å². The quantitative estimate of drug-likeness (QED) is 0.932. The van der Waals surface area contributed by atoms with Crippen LogP contribution in [0.1, 0.15) is 10.4 Å². The minimum absolute atomic E-state index is 0.283. The van der Waals surface area contributed by atoms with Gasteiger partial charge in [-0.1, -0.05) is 12.1 Å². The predicted octanol–water partition coefficient (Wildman–Crippen LogP) is 1.86. The van der Waals surface area contributed by atoms with Crippen molar-refractivity contribution in [3.8, 4) is 5.69 Å². The number of carbonyl (C=O) groups is 1. The molecule has 0 atom stereocenters. The number of rotatable bonds is 3. The summed E-state index contributed by atoms with van der Waals surface area (Å²) in [5, 5.41) is 12.3. The Morgan fingerprint density at radius 3 is 2.38 bits per heavy atom. The van der Waals surface area contributed by atoms with E-state index in [1.54, 1.807) is 0 Å². The number of hydrogen-bond acceptors (Lipinski definition) is 4. The Labute approximate surface area is 116 Å². The van der Waals surface area contributed by atoms with Gasteiger partial charge in [-0.2, -0.15) is 18.3 Å². The topological polar surface area (TPSA) is 89.3 Å². The van der Waals surface area contributed by atoms with Crippen LogP contribution in [0.25, 0.3) is 5.69 Å². The second-order valence-electron chi connectivity index (χ2n) is 3.90. The van der Waals surface area contributed by atoms with Crippen molar-refractivity contribution in [3.05, 3.63) is 42.2 Å². The maximum absolute atomic E-state index is 12.6. The molecule has 0 aliphatic rings. The van der Waals surface area contributed by atoms with Crippen LogP contribution < -0.4 is 0 Å². The second-order valence-corrected chi connectivity index (χ2v) is 5.81. The standard InChI is InChI=1S/C11H7F3N2O4S/c12-11(13,14)21(19,20)9-4-2-1-3-8(9)16-6-7(5-15-16)10(17)18/h1-6H,(H,17,18). The van der Waals surface area contributed by atoms with Gasteiger partial charge >= 0.3 is 11.5 Å². The van der Waals surface area contributed by atoms with E-state index < -0.39 is 26.2 Å². The molecule has 0 unspecified atom stereocenters. The van der Waals surface area contributed by atoms with Crippen molar-refractivity contribution in [2.24, 2.45) is 0 Å². The monoisotopic (exact) mass is 320 g/mol. The average molecular weight is 320 g/mol. The third-order valence-corrected chi connectivity index (χ3v) is 4.07. The molecule has 2 rings (SSSR count). The van der Waals surface area contributed by atoms with E-state index in [-0.39, 0.29) is 11.3 Å². The molecule has 6 nitrogen and oxygen atoms in total. The maximum atomic E-state index is 12.6. The molecule has 0 radical (unpaired) electrons. The van der Waals surface area contributed by atoms with Gasteiger partial charge in [0, 0.05) is 6.20 Å². The molecule has 1 aromatic carbocycles. The van der Waals surface area contributed by atoms with Crippen LogP contribution in [-0.4, -0.2) is 34.8 Å². The van der Waals surface area contributed by atoms with Crippen molar-refractivity contribution in [3.63, 3.8) is 0 Å². The second kappa shape index (κ2) is 4.88. The summed E-state index contributed by atoms with van der Waals surface area (Å²) in [7, 11) is -5.57. The Balaban J connectivity index is 2.64. The van der Waals surface area contributed by atoms with Crippen molar-refractivity contribution in [2.45, 2.75) is 10.4 Å². The highest BCUT2D eigenvalue weighted by molar-refractivity contribution is 7.92. The van der Waals surface area contributed by atoms with Crippen molar-refractivity contribution in [2.75, 3.05) is 0 Å². The van der Waals surface area contributed by atoms with Gasteiger partial charge < -0.3 is 5.11 Å². The van der Waals surface area contributed by atoms with Crippen LogP contribution in [-0.2, 0) is 9.84 Å². The van der Waals surface area contributed by atoms with Crippen LogP contribution in [0.4, 0.5) is 13.2 Å². The minimum Gasteiger partial charge on any atom is -0.478 e. The van der Waals surface area contributed by atoms with Gasteiger partial charge in [0.1, 0.15) is 4.90 Å². The Kier molecular flexibility index (Phi) is 3.49. The molecule has 0 amide bonds. The molecule has 21 heavy (non-hydrogen) atoms. The number of carboxylic acids is 1. The summed E-state index contributed by atoms with van der Waals surface area (Å²) in [6.45, 7) is 0. The van der Waals surface area contributed by atoms with Crippen molar-refractivity contribution >= 4 is 15.8 Å². The summed E-state index contributed by atoms with van der Waals surface area (Å²) in [4.78, 5) is 9.73. The lowest BCUT2D eigenvalue weighted by Gasteiger charge is -2.12. The summed E-state index contributed by atoms with van der Waals surface area (Å²) in [5.41, 5.74) is -6.14. The Hall–Kier alpha value is -2.36. The van der Waals surface area contributed by atoms with Gasteiger partial charge in [0.05, 0.1) is 17.4 Å². The third kappa shape index (κ3) is 2.61. The third-order valence-electron chi connectivity index (χ3n) is 2.54. The zero-order valence-corrected chi connectivity index (χ0v) is 10.9. The van der Waals surface area contributed by atoms with E-state index in [0.717, 1.165) is 35.3 Å². The molecule has 0 saturated carbocycles. The molecule has 112 valence electrons. The van der Waals surface area contributed by atoms with Crippen LogP contribution in [0.3, 0.4) is 0 Å². The van der Waals surface area contributed by atoms with Gasteiger partial charge in [0.25, 0.3) is 9.84 Å². The van der Waals surface area contributed by atoms with E-state index in [2.05, 4.69) is 5.10 Å². The number of aromatic carboxylic acids is 1. The van der Waals surface area contributed by atoms with E-state index in [4.69, 9.17) is 5.11 Å². The zero-order valence-electron chi connectivity index (χ0n) is 10.1. The number of hydrogen-bond donors (Lipinski definition) is 1. The molecule has 0 aliphatic heterocycles. The Morgan fingerprint density at radius 1 is 1.24 bits per heavy atom. The van der Waals surface area contributed by atoms with Gasteiger partial charge in [0.2, 0.25) is 0 Å². The maximum Gasteiger partial charge on any atom is 0.501 e. The highest BCUT2D eigenvalue weighted by Crippen LogP contribution is 2.33. The van der Waals surface area contributed by atoms with Crippen LogP contribution in [0.2, 0.25) is 0 Å². The van der Waals surface area contributed by atoms with Crippen LogP contribution in [0.5, 0.6) is 0 Å². The van der Waals surface area contributed by atoms with E-state index in [1.807, 2.05) is 0 Å². The molecule has 10 heteroatoms. The van der Waals surface area contributed by atoms with Gasteiger partial charge in [-0.15, -0.1) is 0 Å². The normalized spacial score (nSPS) is 12.3. The molecule has 0 saturated heterocycles. The smallest absolute Gasteiger partial charge is 0.478 e. The molecular formula is C11H7F3N2O4S. The molecular weight excluding hydrogens is 313 g/mol. The lowest BCUT2D eigenvalue weighted by atomic mass is 10.3. The van der Waals surface area contributed by atoms with Crippen molar-refractivity contribution in [1.29, 1.82) is 0 Å². The number of nitrogens with zero attached hydrogens (tertiary/aromatic N) is 2. The first-order valence-electron chi connectivity index (χ1n) is 5.33. The highest BCUT2D eigenvalue weighted by Gasteiger charge is 2.48. The van der Waals surface area contributed by atoms with E-state index in [0.29, 0.717) is 0 Å². The lowest BCUT2D eigenvalue weighted by Crippen LogP contribution is -2.24. The predicted molar refractivity (Wildman–Crippen MR) is 63.8 cm³/mol. The Morgan fingerprint density at radius 2 is 1.86 bits per heavy atom. The highest BCUT2D eigenvalue weighted by atomic mass is 32.2. The zero-order chi connectivity index (χ0) is 15.8. The molecule has 0 fully saturated rings. The first-order chi connectivity index (χ1) is 9.64.